The smallest absolute Gasteiger partial charge is 0.356 e. The first kappa shape index (κ1) is 27.7. The minimum absolute atomic E-state index is 0.134. The van der Waals surface area contributed by atoms with E-state index in [1.54, 1.807) is 0 Å². The molecule has 0 fully saturated rings. The van der Waals surface area contributed by atoms with Gasteiger partial charge in [-0.1, -0.05) is 34.8 Å². The normalized spacial score (nSPS) is 13.2. The Morgan fingerprint density at radius 2 is 1.54 bits per heavy atom. The van der Waals surface area contributed by atoms with Gasteiger partial charge in [-0.05, 0) is 42.5 Å². The maximum absolute atomic E-state index is 13.6. The molecule has 0 atom stereocenters. The van der Waals surface area contributed by atoms with Gasteiger partial charge in [0.15, 0.2) is 0 Å². The SMILES string of the molecule is O=C1c2ccc(P(=O)(O)O)cc2Oc2c(Cl)cc(C(=O)c3ccc(P(=O)(O)O)cc3O)n2-c2c1[nH]c(Cl)c2Cl. The summed E-state index contributed by atoms with van der Waals surface area (Å²) in [5, 5.41) is 8.82. The summed E-state index contributed by atoms with van der Waals surface area (Å²) in [6.45, 7) is 0. The lowest BCUT2D eigenvalue weighted by Gasteiger charge is -2.20. The third-order valence-corrected chi connectivity index (χ3v) is 8.70. The molecule has 1 aliphatic heterocycles. The second-order valence-corrected chi connectivity index (χ2v) is 12.6. The molecule has 4 aromatic rings. The van der Waals surface area contributed by atoms with Crippen molar-refractivity contribution in [1.29, 1.82) is 0 Å². The van der Waals surface area contributed by atoms with Gasteiger partial charge in [-0.2, -0.15) is 0 Å². The lowest BCUT2D eigenvalue weighted by molar-refractivity contribution is 0.101. The quantitative estimate of drug-likeness (QED) is 0.125. The van der Waals surface area contributed by atoms with Crippen molar-refractivity contribution in [3.8, 4) is 23.1 Å². The molecule has 0 amide bonds. The molecule has 0 bridgehead atoms. The minimum Gasteiger partial charge on any atom is -0.507 e. The van der Waals surface area contributed by atoms with Gasteiger partial charge in [-0.3, -0.25) is 23.3 Å². The number of aromatic nitrogens is 2. The van der Waals surface area contributed by atoms with Crippen molar-refractivity contribution in [2.45, 2.75) is 0 Å². The minimum atomic E-state index is -4.77. The van der Waals surface area contributed by atoms with Crippen molar-refractivity contribution in [1.82, 2.24) is 9.55 Å². The largest absolute Gasteiger partial charge is 0.507 e. The van der Waals surface area contributed by atoms with Gasteiger partial charge in [0.2, 0.25) is 17.4 Å². The van der Waals surface area contributed by atoms with Crippen LogP contribution in [0.1, 0.15) is 32.1 Å². The summed E-state index contributed by atoms with van der Waals surface area (Å²) < 4.78 is 30.3. The Morgan fingerprint density at radius 3 is 2.15 bits per heavy atom. The Kier molecular flexibility index (Phi) is 6.63. The van der Waals surface area contributed by atoms with E-state index in [-0.39, 0.29) is 55.0 Å². The Bertz CT molecular complexity index is 1840. The summed E-state index contributed by atoms with van der Waals surface area (Å²) in [6.07, 6.45) is 0. The number of H-pyrrole nitrogens is 1. The van der Waals surface area contributed by atoms with E-state index in [0.717, 1.165) is 47.0 Å². The van der Waals surface area contributed by atoms with Crippen LogP contribution >= 0.6 is 50.0 Å². The van der Waals surface area contributed by atoms with Crippen LogP contribution in [0.2, 0.25) is 15.2 Å². The summed E-state index contributed by atoms with van der Waals surface area (Å²) >= 11 is 19.0. The summed E-state index contributed by atoms with van der Waals surface area (Å²) in [4.78, 5) is 67.6. The molecule has 0 saturated carbocycles. The molecule has 17 heteroatoms. The van der Waals surface area contributed by atoms with E-state index in [2.05, 4.69) is 4.98 Å². The van der Waals surface area contributed by atoms with Crippen LogP contribution in [0.4, 0.5) is 0 Å². The number of benzene rings is 2. The highest BCUT2D eigenvalue weighted by Gasteiger charge is 2.35. The van der Waals surface area contributed by atoms with Crippen LogP contribution in [0, 0.1) is 0 Å². The molecule has 12 nitrogen and oxygen atoms in total. The van der Waals surface area contributed by atoms with Gasteiger partial charge in [0, 0.05) is 0 Å². The number of carbonyl (C=O) groups excluding carboxylic acids is 2. The molecule has 6 N–H and O–H groups in total. The number of phenolic OH excluding ortho intramolecular Hbond substituents is 1. The van der Waals surface area contributed by atoms with Gasteiger partial charge in [-0.25, -0.2) is 0 Å². The lowest BCUT2D eigenvalue weighted by atomic mass is 10.0. The van der Waals surface area contributed by atoms with Crippen LogP contribution in [-0.4, -0.2) is 45.8 Å². The van der Waals surface area contributed by atoms with E-state index in [4.69, 9.17) is 39.5 Å². The molecule has 0 saturated heterocycles. The Hall–Kier alpha value is -2.89. The molecular weight excluding hydrogens is 621 g/mol. The summed E-state index contributed by atoms with van der Waals surface area (Å²) in [5.41, 5.74) is -1.20. The molecule has 0 radical (unpaired) electrons. The fraction of sp³-hybridized carbons (Fsp3) is 0. The number of phenols is 1. The van der Waals surface area contributed by atoms with Gasteiger partial charge in [0.1, 0.15) is 32.4 Å². The zero-order chi connectivity index (χ0) is 28.6. The van der Waals surface area contributed by atoms with Crippen molar-refractivity contribution < 1.29 is 48.1 Å². The number of ether oxygens (including phenoxy) is 1. The van der Waals surface area contributed by atoms with Crippen molar-refractivity contribution in [3.05, 3.63) is 80.2 Å². The van der Waals surface area contributed by atoms with E-state index >= 15 is 0 Å². The first-order valence-corrected chi connectivity index (χ1v) is 14.8. The molecule has 1 aliphatic rings. The molecule has 39 heavy (non-hydrogen) atoms. The van der Waals surface area contributed by atoms with Crippen LogP contribution in [0.3, 0.4) is 0 Å². The van der Waals surface area contributed by atoms with Crippen molar-refractivity contribution in [2.24, 2.45) is 0 Å². The number of aromatic hydroxyl groups is 1. The number of hydrogen-bond acceptors (Lipinski definition) is 6. The first-order chi connectivity index (χ1) is 18.1. The highest BCUT2D eigenvalue weighted by molar-refractivity contribution is 7.60. The number of hydrogen-bond donors (Lipinski definition) is 6. The first-order valence-electron chi connectivity index (χ1n) is 10.4. The summed E-state index contributed by atoms with van der Waals surface area (Å²) in [7, 11) is -9.51. The predicted molar refractivity (Wildman–Crippen MR) is 140 cm³/mol. The van der Waals surface area contributed by atoms with Crippen molar-refractivity contribution in [2.75, 3.05) is 0 Å². The number of nitrogens with zero attached hydrogens (tertiary/aromatic N) is 1. The van der Waals surface area contributed by atoms with Crippen LogP contribution in [0.15, 0.2) is 42.5 Å². The zero-order valence-electron chi connectivity index (χ0n) is 18.8. The lowest BCUT2D eigenvalue weighted by Crippen LogP contribution is -2.18. The third kappa shape index (κ3) is 4.64. The average Bonchev–Trinajstić information content (AvgIpc) is 3.31. The molecule has 0 aliphatic carbocycles. The second-order valence-electron chi connectivity index (χ2n) is 8.22. The molecule has 0 spiro atoms. The van der Waals surface area contributed by atoms with Crippen molar-refractivity contribution >= 4 is 72.2 Å². The molecule has 202 valence electrons. The van der Waals surface area contributed by atoms with Gasteiger partial charge >= 0.3 is 15.2 Å². The van der Waals surface area contributed by atoms with Crippen LogP contribution in [-0.2, 0) is 9.13 Å². The number of fused-ring (bicyclic) bond motifs is 4. The molecule has 2 aromatic heterocycles. The molecule has 2 aromatic carbocycles. The maximum Gasteiger partial charge on any atom is 0.356 e. The van der Waals surface area contributed by atoms with Gasteiger partial charge < -0.3 is 34.4 Å². The number of halogens is 3. The Labute approximate surface area is 232 Å². The molecular formula is C22H13Cl3N2O10P2. The third-order valence-electron chi connectivity index (χ3n) is 5.78. The standard InChI is InChI=1S/C22H13Cl3N2O10P2/c23-12-7-13(19(29)10-3-1-8(5-14(10)28)38(31,32)33)27-18-16(24)21(25)26-17(18)20(30)11-4-2-9(39(34,35)36)6-15(11)37-22(12)27/h1-7,26,28H,(H2,31,32,33)(H2,34,35,36). The molecule has 0 unspecified atom stereocenters. The monoisotopic (exact) mass is 632 g/mol. The average molecular weight is 634 g/mol. The van der Waals surface area contributed by atoms with Gasteiger partial charge in [-0.15, -0.1) is 0 Å². The van der Waals surface area contributed by atoms with E-state index in [1.165, 1.54) is 0 Å². The van der Waals surface area contributed by atoms with Crippen LogP contribution < -0.4 is 15.3 Å². The summed E-state index contributed by atoms with van der Waals surface area (Å²) in [6, 6.07) is 6.94. The number of nitrogens with one attached hydrogen (secondary N) is 1. The number of aromatic amines is 1. The Balaban J connectivity index is 1.78. The van der Waals surface area contributed by atoms with Gasteiger partial charge in [0.05, 0.1) is 33.1 Å². The highest BCUT2D eigenvalue weighted by atomic mass is 35.5. The van der Waals surface area contributed by atoms with E-state index in [1.807, 2.05) is 0 Å². The maximum atomic E-state index is 13.6. The number of ketones is 2. The second kappa shape index (κ2) is 9.35. The summed E-state index contributed by atoms with van der Waals surface area (Å²) in [5.74, 6) is -3.03. The van der Waals surface area contributed by atoms with E-state index in [0.29, 0.717) is 0 Å². The predicted octanol–water partition coefficient (Wildman–Crippen LogP) is 3.64. The molecule has 3 heterocycles. The van der Waals surface area contributed by atoms with E-state index in [9.17, 15) is 43.4 Å². The fourth-order valence-corrected chi connectivity index (χ4v) is 5.74. The highest BCUT2D eigenvalue weighted by Crippen LogP contribution is 2.46. The zero-order valence-corrected chi connectivity index (χ0v) is 22.9. The number of carbonyl (C=O) groups is 2. The van der Waals surface area contributed by atoms with Crippen molar-refractivity contribution in [3.63, 3.8) is 0 Å². The fourth-order valence-electron chi connectivity index (χ4n) is 3.99. The van der Waals surface area contributed by atoms with Gasteiger partial charge in [0.25, 0.3) is 0 Å². The van der Waals surface area contributed by atoms with Crippen LogP contribution in [0.5, 0.6) is 17.4 Å². The Morgan fingerprint density at radius 1 is 0.923 bits per heavy atom. The number of rotatable bonds is 4. The van der Waals surface area contributed by atoms with E-state index < -0.39 is 43.1 Å². The topological polar surface area (TPSA) is 199 Å². The molecule has 5 rings (SSSR count). The van der Waals surface area contributed by atoms with Crippen LogP contribution in [0.25, 0.3) is 5.69 Å².